The first-order valence-electron chi connectivity index (χ1n) is 6.87. The Hall–Kier alpha value is -1.70. The van der Waals surface area contributed by atoms with Crippen molar-refractivity contribution in [2.45, 2.75) is 31.7 Å². The Labute approximate surface area is 128 Å². The van der Waals surface area contributed by atoms with Crippen LogP contribution in [0.25, 0.3) is 0 Å². The molecule has 0 unspecified atom stereocenters. The molecule has 0 aromatic carbocycles. The minimum absolute atomic E-state index is 0.177. The Morgan fingerprint density at radius 3 is 2.86 bits per heavy atom. The van der Waals surface area contributed by atoms with E-state index in [1.807, 2.05) is 0 Å². The van der Waals surface area contributed by atoms with Crippen molar-refractivity contribution in [2.24, 2.45) is 0 Å². The molecular formula is C13H22N4O3S. The lowest BCUT2D eigenvalue weighted by Crippen LogP contribution is -2.47. The van der Waals surface area contributed by atoms with E-state index in [9.17, 15) is 9.59 Å². The Morgan fingerprint density at radius 1 is 1.43 bits per heavy atom. The number of rotatable bonds is 10. The molecule has 8 heteroatoms. The predicted molar refractivity (Wildman–Crippen MR) is 82.5 cm³/mol. The molecular weight excluding hydrogens is 292 g/mol. The number of aromatic amines is 1. The standard InChI is InChI=1S/C13H22N4O3S/c1-21-6-4-2-3-5-15-13(20)17-11(12(18)19)7-10-8-14-9-16-10/h8-9,11H,2-7H2,1H3,(H,14,16)(H,18,19)(H2,15,17,20)/t11-/m1/s1. The van der Waals surface area contributed by atoms with Crippen LogP contribution in [0.15, 0.2) is 12.5 Å². The summed E-state index contributed by atoms with van der Waals surface area (Å²) in [5.41, 5.74) is 0.666. The maximum atomic E-state index is 11.7. The van der Waals surface area contributed by atoms with E-state index < -0.39 is 18.0 Å². The Balaban J connectivity index is 2.24. The number of H-pyrrole nitrogens is 1. The van der Waals surface area contributed by atoms with Gasteiger partial charge in [0.05, 0.1) is 6.33 Å². The second kappa shape index (κ2) is 10.1. The van der Waals surface area contributed by atoms with E-state index in [0.717, 1.165) is 25.0 Å². The average molecular weight is 314 g/mol. The van der Waals surface area contributed by atoms with Gasteiger partial charge >= 0.3 is 12.0 Å². The Morgan fingerprint density at radius 2 is 2.24 bits per heavy atom. The summed E-state index contributed by atoms with van der Waals surface area (Å²) in [5, 5.41) is 14.2. The van der Waals surface area contributed by atoms with Gasteiger partial charge in [0.15, 0.2) is 0 Å². The third-order valence-electron chi connectivity index (χ3n) is 2.89. The zero-order chi connectivity index (χ0) is 15.5. The molecule has 118 valence electrons. The van der Waals surface area contributed by atoms with E-state index in [2.05, 4.69) is 26.9 Å². The van der Waals surface area contributed by atoms with Crippen LogP contribution >= 0.6 is 11.8 Å². The van der Waals surface area contributed by atoms with Gasteiger partial charge in [-0.15, -0.1) is 0 Å². The van der Waals surface area contributed by atoms with Gasteiger partial charge in [-0.2, -0.15) is 11.8 Å². The van der Waals surface area contributed by atoms with Crippen LogP contribution in [0.1, 0.15) is 25.0 Å². The van der Waals surface area contributed by atoms with Crippen molar-refractivity contribution in [1.82, 2.24) is 20.6 Å². The topological polar surface area (TPSA) is 107 Å². The number of carbonyl (C=O) groups excluding carboxylic acids is 1. The molecule has 0 fully saturated rings. The van der Waals surface area contributed by atoms with E-state index in [-0.39, 0.29) is 6.42 Å². The maximum absolute atomic E-state index is 11.7. The second-order valence-electron chi connectivity index (χ2n) is 4.63. The third-order valence-corrected chi connectivity index (χ3v) is 3.59. The zero-order valence-corrected chi connectivity index (χ0v) is 12.9. The molecule has 0 saturated heterocycles. The van der Waals surface area contributed by atoms with Crippen molar-refractivity contribution in [3.05, 3.63) is 18.2 Å². The van der Waals surface area contributed by atoms with Gasteiger partial charge < -0.3 is 20.7 Å². The largest absolute Gasteiger partial charge is 0.480 e. The fourth-order valence-corrected chi connectivity index (χ4v) is 2.27. The highest BCUT2D eigenvalue weighted by Crippen LogP contribution is 2.01. The first kappa shape index (κ1) is 17.4. The van der Waals surface area contributed by atoms with E-state index in [0.29, 0.717) is 12.2 Å². The quantitative estimate of drug-likeness (QED) is 0.486. The molecule has 0 aliphatic carbocycles. The number of nitrogens with zero attached hydrogens (tertiary/aromatic N) is 1. The van der Waals surface area contributed by atoms with Crippen LogP contribution in [0.4, 0.5) is 4.79 Å². The molecule has 0 spiro atoms. The SMILES string of the molecule is CSCCCCCNC(=O)N[C@H](Cc1cnc[nH]1)C(=O)O. The predicted octanol–water partition coefficient (Wildman–Crippen LogP) is 1.24. The van der Waals surface area contributed by atoms with Crippen LogP contribution < -0.4 is 10.6 Å². The van der Waals surface area contributed by atoms with Crippen molar-refractivity contribution in [3.8, 4) is 0 Å². The zero-order valence-electron chi connectivity index (χ0n) is 12.1. The summed E-state index contributed by atoms with van der Waals surface area (Å²) in [5.74, 6) is 0.0528. The van der Waals surface area contributed by atoms with Crippen molar-refractivity contribution >= 4 is 23.8 Å². The molecule has 1 rings (SSSR count). The molecule has 1 aromatic rings. The third kappa shape index (κ3) is 7.60. The number of aromatic nitrogens is 2. The van der Waals surface area contributed by atoms with Crippen LogP contribution in [0.5, 0.6) is 0 Å². The highest BCUT2D eigenvalue weighted by molar-refractivity contribution is 7.98. The van der Waals surface area contributed by atoms with Crippen LogP contribution in [0.2, 0.25) is 0 Å². The molecule has 0 bridgehead atoms. The molecule has 1 aromatic heterocycles. The normalized spacial score (nSPS) is 11.9. The molecule has 2 amide bonds. The molecule has 4 N–H and O–H groups in total. The second-order valence-corrected chi connectivity index (χ2v) is 5.61. The van der Waals surface area contributed by atoms with Crippen LogP contribution in [0, 0.1) is 0 Å². The number of nitrogens with one attached hydrogen (secondary N) is 3. The lowest BCUT2D eigenvalue weighted by molar-refractivity contribution is -0.139. The fraction of sp³-hybridized carbons (Fsp3) is 0.615. The van der Waals surface area contributed by atoms with Gasteiger partial charge in [-0.3, -0.25) is 0 Å². The van der Waals surface area contributed by atoms with Crippen LogP contribution in [0.3, 0.4) is 0 Å². The maximum Gasteiger partial charge on any atom is 0.326 e. The number of amides is 2. The Kier molecular flexibility index (Phi) is 8.34. The summed E-state index contributed by atoms with van der Waals surface area (Å²) in [6, 6.07) is -1.42. The van der Waals surface area contributed by atoms with Gasteiger partial charge in [-0.1, -0.05) is 6.42 Å². The smallest absolute Gasteiger partial charge is 0.326 e. The first-order valence-corrected chi connectivity index (χ1v) is 8.26. The minimum atomic E-state index is -1.07. The van der Waals surface area contributed by atoms with Gasteiger partial charge in [0, 0.05) is 24.9 Å². The lowest BCUT2D eigenvalue weighted by Gasteiger charge is -2.14. The van der Waals surface area contributed by atoms with Crippen molar-refractivity contribution in [1.29, 1.82) is 0 Å². The summed E-state index contributed by atoms with van der Waals surface area (Å²) in [4.78, 5) is 29.4. The van der Waals surface area contributed by atoms with E-state index in [1.165, 1.54) is 6.33 Å². The number of carboxylic acid groups (broad SMARTS) is 1. The molecule has 1 atom stereocenters. The monoisotopic (exact) mass is 314 g/mol. The van der Waals surface area contributed by atoms with Gasteiger partial charge in [0.2, 0.25) is 0 Å². The van der Waals surface area contributed by atoms with Crippen molar-refractivity contribution < 1.29 is 14.7 Å². The summed E-state index contributed by atoms with van der Waals surface area (Å²) in [6.45, 7) is 0.552. The molecule has 21 heavy (non-hydrogen) atoms. The summed E-state index contributed by atoms with van der Waals surface area (Å²) < 4.78 is 0. The summed E-state index contributed by atoms with van der Waals surface area (Å²) in [6.07, 6.45) is 8.34. The number of aliphatic carboxylic acids is 1. The number of carbonyl (C=O) groups is 2. The van der Waals surface area contributed by atoms with Gasteiger partial charge in [0.1, 0.15) is 6.04 Å². The molecule has 0 saturated carbocycles. The van der Waals surface area contributed by atoms with Gasteiger partial charge in [-0.25, -0.2) is 14.6 Å². The highest BCUT2D eigenvalue weighted by atomic mass is 32.2. The molecule has 0 aliphatic heterocycles. The van der Waals surface area contributed by atoms with E-state index in [4.69, 9.17) is 5.11 Å². The minimum Gasteiger partial charge on any atom is -0.480 e. The number of hydrogen-bond donors (Lipinski definition) is 4. The van der Waals surface area contributed by atoms with E-state index >= 15 is 0 Å². The molecule has 7 nitrogen and oxygen atoms in total. The molecule has 0 radical (unpaired) electrons. The fourth-order valence-electron chi connectivity index (χ4n) is 1.78. The van der Waals surface area contributed by atoms with Gasteiger partial charge in [-0.05, 0) is 24.9 Å². The Bertz CT molecular complexity index is 425. The number of thioether (sulfide) groups is 1. The molecule has 0 aliphatic rings. The number of unbranched alkanes of at least 4 members (excludes halogenated alkanes) is 2. The first-order chi connectivity index (χ1) is 10.1. The van der Waals surface area contributed by atoms with Crippen LogP contribution in [-0.4, -0.2) is 51.7 Å². The summed E-state index contributed by atoms with van der Waals surface area (Å²) in [7, 11) is 0. The highest BCUT2D eigenvalue weighted by Gasteiger charge is 2.20. The lowest BCUT2D eigenvalue weighted by atomic mass is 10.2. The number of imidazole rings is 1. The summed E-state index contributed by atoms with van der Waals surface area (Å²) >= 11 is 1.81. The van der Waals surface area contributed by atoms with Crippen molar-refractivity contribution in [3.63, 3.8) is 0 Å². The molecule has 1 heterocycles. The number of hydrogen-bond acceptors (Lipinski definition) is 4. The van der Waals surface area contributed by atoms with Crippen LogP contribution in [-0.2, 0) is 11.2 Å². The van der Waals surface area contributed by atoms with Gasteiger partial charge in [0.25, 0.3) is 0 Å². The average Bonchev–Trinajstić information content (AvgIpc) is 2.95. The van der Waals surface area contributed by atoms with Crippen molar-refractivity contribution in [2.75, 3.05) is 18.6 Å². The number of urea groups is 1. The number of carboxylic acids is 1. The van der Waals surface area contributed by atoms with E-state index in [1.54, 1.807) is 18.0 Å².